The molecule has 0 bridgehead atoms. The van der Waals surface area contributed by atoms with Gasteiger partial charge < -0.3 is 15.4 Å². The van der Waals surface area contributed by atoms with Crippen LogP contribution in [0.15, 0.2) is 36.9 Å². The van der Waals surface area contributed by atoms with Crippen molar-refractivity contribution in [2.24, 2.45) is 0 Å². The zero-order valence-corrected chi connectivity index (χ0v) is 15.4. The number of fused-ring (bicyclic) bond motifs is 1. The maximum absolute atomic E-state index is 6.39. The maximum atomic E-state index is 6.39. The zero-order chi connectivity index (χ0) is 17.9. The third kappa shape index (κ3) is 3.67. The van der Waals surface area contributed by atoms with E-state index in [0.717, 1.165) is 41.8 Å². The third-order valence-electron chi connectivity index (χ3n) is 4.26. The highest BCUT2D eigenvalue weighted by atomic mass is 35.5. The van der Waals surface area contributed by atoms with Crippen LogP contribution in [0.3, 0.4) is 0 Å². The van der Waals surface area contributed by atoms with Crippen molar-refractivity contribution in [3.8, 4) is 5.75 Å². The Kier molecular flexibility index (Phi) is 5.06. The molecule has 26 heavy (non-hydrogen) atoms. The van der Waals surface area contributed by atoms with Gasteiger partial charge in [0.15, 0.2) is 5.75 Å². The molecule has 3 aromatic rings. The molecule has 1 atom stereocenters. The number of nitrogens with zero attached hydrogens (tertiary/aromatic N) is 3. The van der Waals surface area contributed by atoms with Gasteiger partial charge in [-0.3, -0.25) is 15.0 Å². The van der Waals surface area contributed by atoms with Gasteiger partial charge in [-0.25, -0.2) is 0 Å². The third-order valence-corrected chi connectivity index (χ3v) is 4.88. The maximum Gasteiger partial charge on any atom is 0.164 e. The van der Waals surface area contributed by atoms with Crippen LogP contribution in [0.1, 0.15) is 12.0 Å². The molecule has 1 fully saturated rings. The van der Waals surface area contributed by atoms with Crippen molar-refractivity contribution in [1.82, 2.24) is 20.3 Å². The Morgan fingerprint density at radius 1 is 1.12 bits per heavy atom. The van der Waals surface area contributed by atoms with Crippen molar-refractivity contribution in [2.45, 2.75) is 19.1 Å². The van der Waals surface area contributed by atoms with Gasteiger partial charge in [0.25, 0.3) is 0 Å². The number of ether oxygens (including phenoxy) is 1. The summed E-state index contributed by atoms with van der Waals surface area (Å²) in [6, 6.07) is 3.75. The smallest absolute Gasteiger partial charge is 0.164 e. The molecule has 6 nitrogen and oxygen atoms in total. The summed E-state index contributed by atoms with van der Waals surface area (Å²) < 4.78 is 6.07. The molecular weight excluding hydrogens is 373 g/mol. The Labute approximate surface area is 160 Å². The summed E-state index contributed by atoms with van der Waals surface area (Å²) in [7, 11) is 0. The molecule has 4 rings (SSSR count). The second-order valence-corrected chi connectivity index (χ2v) is 6.89. The predicted molar refractivity (Wildman–Crippen MR) is 103 cm³/mol. The fourth-order valence-corrected chi connectivity index (χ4v) is 3.35. The fraction of sp³-hybridized carbons (Fsp3) is 0.278. The lowest BCUT2D eigenvalue weighted by Gasteiger charge is -2.18. The summed E-state index contributed by atoms with van der Waals surface area (Å²) in [6.45, 7) is 2.25. The summed E-state index contributed by atoms with van der Waals surface area (Å²) in [5, 5.41) is 7.72. The molecule has 1 aliphatic rings. The highest BCUT2D eigenvalue weighted by molar-refractivity contribution is 6.32. The SMILES string of the molecule is Clc1cc2nccnc2cc1CNc1cncc(Cl)c1OC1CCNC1. The lowest BCUT2D eigenvalue weighted by atomic mass is 10.2. The van der Waals surface area contributed by atoms with Gasteiger partial charge in [-0.05, 0) is 30.7 Å². The van der Waals surface area contributed by atoms with Crippen molar-refractivity contribution in [3.63, 3.8) is 0 Å². The lowest BCUT2D eigenvalue weighted by molar-refractivity contribution is 0.224. The van der Waals surface area contributed by atoms with Gasteiger partial charge in [-0.1, -0.05) is 23.2 Å². The summed E-state index contributed by atoms with van der Waals surface area (Å²) in [5.74, 6) is 0.618. The molecule has 1 aliphatic heterocycles. The molecule has 0 spiro atoms. The van der Waals surface area contributed by atoms with Gasteiger partial charge in [0.05, 0.1) is 22.9 Å². The van der Waals surface area contributed by atoms with Gasteiger partial charge in [0, 0.05) is 36.7 Å². The second-order valence-electron chi connectivity index (χ2n) is 6.07. The standard InChI is InChI=1S/C18H17Cl2N5O/c19-13-6-16-15(23-3-4-24-16)5-11(13)7-25-17-10-22-9-14(20)18(17)26-12-1-2-21-8-12/h3-6,9-10,12,21,25H,1-2,7-8H2. The normalized spacial score (nSPS) is 16.8. The first-order valence-electron chi connectivity index (χ1n) is 8.34. The van der Waals surface area contributed by atoms with E-state index in [9.17, 15) is 0 Å². The van der Waals surface area contributed by atoms with Crippen molar-refractivity contribution < 1.29 is 4.74 Å². The number of benzene rings is 1. The largest absolute Gasteiger partial charge is 0.485 e. The summed E-state index contributed by atoms with van der Waals surface area (Å²) in [4.78, 5) is 12.7. The van der Waals surface area contributed by atoms with E-state index in [4.69, 9.17) is 27.9 Å². The molecule has 2 N–H and O–H groups in total. The van der Waals surface area contributed by atoms with Crippen LogP contribution in [0.25, 0.3) is 11.0 Å². The van der Waals surface area contributed by atoms with E-state index >= 15 is 0 Å². The molecule has 0 aliphatic carbocycles. The molecular formula is C18H17Cl2N5O. The molecule has 2 aromatic heterocycles. The fourth-order valence-electron chi connectivity index (χ4n) is 2.92. The molecule has 3 heterocycles. The highest BCUT2D eigenvalue weighted by Crippen LogP contribution is 2.34. The van der Waals surface area contributed by atoms with Crippen LogP contribution in [0.2, 0.25) is 10.0 Å². The van der Waals surface area contributed by atoms with E-state index in [1.807, 2.05) is 12.1 Å². The van der Waals surface area contributed by atoms with Crippen LogP contribution in [0.5, 0.6) is 5.75 Å². The Morgan fingerprint density at radius 3 is 2.69 bits per heavy atom. The van der Waals surface area contributed by atoms with Gasteiger partial charge in [0.2, 0.25) is 0 Å². The molecule has 1 aromatic carbocycles. The number of hydrogen-bond acceptors (Lipinski definition) is 6. The van der Waals surface area contributed by atoms with E-state index in [1.54, 1.807) is 24.8 Å². The van der Waals surface area contributed by atoms with Crippen molar-refractivity contribution in [1.29, 1.82) is 0 Å². The Balaban J connectivity index is 1.56. The Hall–Kier alpha value is -2.15. The van der Waals surface area contributed by atoms with E-state index in [0.29, 0.717) is 22.3 Å². The number of aromatic nitrogens is 3. The van der Waals surface area contributed by atoms with E-state index in [1.165, 1.54) is 0 Å². The topological polar surface area (TPSA) is 72.0 Å². The second kappa shape index (κ2) is 7.61. The highest BCUT2D eigenvalue weighted by Gasteiger charge is 2.19. The van der Waals surface area contributed by atoms with Gasteiger partial charge in [0.1, 0.15) is 11.1 Å². The number of rotatable bonds is 5. The first-order valence-corrected chi connectivity index (χ1v) is 9.10. The minimum Gasteiger partial charge on any atom is -0.485 e. The van der Waals surface area contributed by atoms with Crippen molar-refractivity contribution >= 4 is 39.9 Å². The van der Waals surface area contributed by atoms with Crippen LogP contribution >= 0.6 is 23.2 Å². The molecule has 0 amide bonds. The van der Waals surface area contributed by atoms with Crippen LogP contribution < -0.4 is 15.4 Å². The first kappa shape index (κ1) is 17.3. The van der Waals surface area contributed by atoms with Crippen LogP contribution in [-0.2, 0) is 6.54 Å². The first-order chi connectivity index (χ1) is 12.7. The Morgan fingerprint density at radius 2 is 1.92 bits per heavy atom. The molecule has 1 unspecified atom stereocenters. The van der Waals surface area contributed by atoms with E-state index in [-0.39, 0.29) is 6.10 Å². The number of anilines is 1. The van der Waals surface area contributed by atoms with Gasteiger partial charge in [-0.15, -0.1) is 0 Å². The van der Waals surface area contributed by atoms with E-state index < -0.39 is 0 Å². The minimum absolute atomic E-state index is 0.106. The van der Waals surface area contributed by atoms with Gasteiger partial charge >= 0.3 is 0 Å². The summed E-state index contributed by atoms with van der Waals surface area (Å²) in [5.41, 5.74) is 3.21. The lowest BCUT2D eigenvalue weighted by Crippen LogP contribution is -2.20. The average molecular weight is 390 g/mol. The number of halogens is 2. The summed E-state index contributed by atoms with van der Waals surface area (Å²) >= 11 is 12.7. The van der Waals surface area contributed by atoms with Crippen molar-refractivity contribution in [3.05, 3.63) is 52.5 Å². The van der Waals surface area contributed by atoms with E-state index in [2.05, 4.69) is 25.6 Å². The number of pyridine rings is 1. The Bertz CT molecular complexity index is 931. The molecule has 8 heteroatoms. The monoisotopic (exact) mass is 389 g/mol. The molecule has 0 saturated carbocycles. The van der Waals surface area contributed by atoms with Crippen molar-refractivity contribution in [2.75, 3.05) is 18.4 Å². The van der Waals surface area contributed by atoms with Crippen LogP contribution in [0, 0.1) is 0 Å². The quantitative estimate of drug-likeness (QED) is 0.693. The summed E-state index contributed by atoms with van der Waals surface area (Å²) in [6.07, 6.45) is 7.66. The zero-order valence-electron chi connectivity index (χ0n) is 13.9. The average Bonchev–Trinajstić information content (AvgIpc) is 3.15. The number of nitrogens with one attached hydrogen (secondary N) is 2. The number of hydrogen-bond donors (Lipinski definition) is 2. The van der Waals surface area contributed by atoms with Gasteiger partial charge in [-0.2, -0.15) is 0 Å². The molecule has 1 saturated heterocycles. The van der Waals surface area contributed by atoms with Crippen LogP contribution in [0.4, 0.5) is 5.69 Å². The molecule has 134 valence electrons. The van der Waals surface area contributed by atoms with Crippen LogP contribution in [-0.4, -0.2) is 34.1 Å². The molecule has 0 radical (unpaired) electrons. The minimum atomic E-state index is 0.106. The predicted octanol–water partition coefficient (Wildman–Crippen LogP) is 3.68.